The molecule has 1 aromatic heterocycles. The zero-order chi connectivity index (χ0) is 18.8. The van der Waals surface area contributed by atoms with Crippen molar-refractivity contribution in [3.05, 3.63) is 66.3 Å². The molecule has 2 aromatic carbocycles. The number of anilines is 1. The molecule has 1 aliphatic heterocycles. The molecule has 0 spiro atoms. The number of amides is 1. The number of nitrogens with zero attached hydrogens (tertiary/aromatic N) is 4. The summed E-state index contributed by atoms with van der Waals surface area (Å²) in [6.07, 6.45) is 3.21. The van der Waals surface area contributed by atoms with Crippen LogP contribution < -0.4 is 4.90 Å². The van der Waals surface area contributed by atoms with Crippen molar-refractivity contribution in [1.29, 1.82) is 0 Å². The molecule has 6 heteroatoms. The molecule has 0 atom stereocenters. The minimum Gasteiger partial charge on any atom is -0.337 e. The van der Waals surface area contributed by atoms with E-state index >= 15 is 0 Å². The smallest absolute Gasteiger partial charge is 0.246 e. The maximum atomic E-state index is 11.8. The monoisotopic (exact) mass is 378 g/mol. The highest BCUT2D eigenvalue weighted by atomic mass is 35.5. The fourth-order valence-corrected chi connectivity index (χ4v) is 3.59. The van der Waals surface area contributed by atoms with Gasteiger partial charge in [0.2, 0.25) is 11.9 Å². The molecule has 1 saturated heterocycles. The molecule has 2 heterocycles. The predicted octanol–water partition coefficient (Wildman–Crippen LogP) is 3.78. The van der Waals surface area contributed by atoms with Crippen molar-refractivity contribution in [1.82, 2.24) is 14.9 Å². The molecule has 1 fully saturated rings. The first-order chi connectivity index (χ1) is 13.2. The second kappa shape index (κ2) is 7.37. The summed E-state index contributed by atoms with van der Waals surface area (Å²) in [7, 11) is 0. The van der Waals surface area contributed by atoms with Crippen molar-refractivity contribution < 1.29 is 4.79 Å². The van der Waals surface area contributed by atoms with E-state index in [0.717, 1.165) is 22.0 Å². The van der Waals surface area contributed by atoms with Crippen molar-refractivity contribution in [2.45, 2.75) is 0 Å². The lowest BCUT2D eigenvalue weighted by atomic mass is 10.0. The Morgan fingerprint density at radius 2 is 1.78 bits per heavy atom. The van der Waals surface area contributed by atoms with Gasteiger partial charge < -0.3 is 9.80 Å². The number of piperazine rings is 1. The quantitative estimate of drug-likeness (QED) is 0.651. The first kappa shape index (κ1) is 17.5. The van der Waals surface area contributed by atoms with Gasteiger partial charge in [0.05, 0.1) is 5.52 Å². The van der Waals surface area contributed by atoms with E-state index in [9.17, 15) is 4.79 Å². The topological polar surface area (TPSA) is 49.3 Å². The number of para-hydroxylation sites is 1. The van der Waals surface area contributed by atoms with Crippen LogP contribution in [0.25, 0.3) is 22.0 Å². The van der Waals surface area contributed by atoms with E-state index in [1.165, 1.54) is 6.08 Å². The van der Waals surface area contributed by atoms with Gasteiger partial charge in [0, 0.05) is 53.9 Å². The van der Waals surface area contributed by atoms with Crippen molar-refractivity contribution in [3.8, 4) is 11.1 Å². The van der Waals surface area contributed by atoms with E-state index in [1.807, 2.05) is 48.7 Å². The third-order valence-electron chi connectivity index (χ3n) is 4.81. The summed E-state index contributed by atoms with van der Waals surface area (Å²) in [5.41, 5.74) is 2.82. The van der Waals surface area contributed by atoms with E-state index in [1.54, 1.807) is 4.90 Å². The molecule has 0 aliphatic carbocycles. The zero-order valence-corrected chi connectivity index (χ0v) is 15.6. The van der Waals surface area contributed by atoms with E-state index in [4.69, 9.17) is 16.6 Å². The van der Waals surface area contributed by atoms with Gasteiger partial charge in [0.25, 0.3) is 0 Å². The summed E-state index contributed by atoms with van der Waals surface area (Å²) in [5.74, 6) is 0.641. The summed E-state index contributed by atoms with van der Waals surface area (Å²) in [6.45, 7) is 6.21. The Morgan fingerprint density at radius 1 is 1.04 bits per heavy atom. The van der Waals surface area contributed by atoms with Crippen LogP contribution in [0.3, 0.4) is 0 Å². The van der Waals surface area contributed by atoms with Crippen molar-refractivity contribution in [2.24, 2.45) is 0 Å². The van der Waals surface area contributed by atoms with Gasteiger partial charge in [-0.3, -0.25) is 4.79 Å². The van der Waals surface area contributed by atoms with Crippen LogP contribution in [0.15, 0.2) is 61.3 Å². The molecule has 0 unspecified atom stereocenters. The van der Waals surface area contributed by atoms with Gasteiger partial charge >= 0.3 is 0 Å². The van der Waals surface area contributed by atoms with Crippen LogP contribution in [-0.2, 0) is 4.79 Å². The lowest BCUT2D eigenvalue weighted by molar-refractivity contribution is -0.126. The summed E-state index contributed by atoms with van der Waals surface area (Å²) < 4.78 is 0. The highest BCUT2D eigenvalue weighted by Gasteiger charge is 2.21. The van der Waals surface area contributed by atoms with Gasteiger partial charge in [0.1, 0.15) is 0 Å². The summed E-state index contributed by atoms with van der Waals surface area (Å²) >= 11 is 6.41. The molecule has 136 valence electrons. The maximum Gasteiger partial charge on any atom is 0.246 e. The molecule has 0 radical (unpaired) electrons. The average Bonchev–Trinajstić information content (AvgIpc) is 2.73. The first-order valence-corrected chi connectivity index (χ1v) is 9.22. The standard InChI is InChI=1S/C21H19ClN4O/c1-2-19(27)25-10-12-26(13-11-25)21-23-14-15-6-5-8-17(20(15)24-21)16-7-3-4-9-18(16)22/h2-9,14H,1,10-13H2. The van der Waals surface area contributed by atoms with Crippen LogP contribution in [0, 0.1) is 0 Å². The summed E-state index contributed by atoms with van der Waals surface area (Å²) in [6, 6.07) is 13.8. The number of hydrogen-bond donors (Lipinski definition) is 0. The Labute approximate surface area is 162 Å². The van der Waals surface area contributed by atoms with Gasteiger partial charge in [-0.2, -0.15) is 0 Å². The molecule has 0 bridgehead atoms. The van der Waals surface area contributed by atoms with Gasteiger partial charge in [-0.25, -0.2) is 9.97 Å². The normalized spacial score (nSPS) is 14.4. The second-order valence-corrected chi connectivity index (χ2v) is 6.82. The van der Waals surface area contributed by atoms with Crippen molar-refractivity contribution in [2.75, 3.05) is 31.1 Å². The largest absolute Gasteiger partial charge is 0.337 e. The van der Waals surface area contributed by atoms with Crippen LogP contribution in [0.4, 0.5) is 5.95 Å². The number of aromatic nitrogens is 2. The number of hydrogen-bond acceptors (Lipinski definition) is 4. The molecular weight excluding hydrogens is 360 g/mol. The van der Waals surface area contributed by atoms with E-state index in [-0.39, 0.29) is 5.91 Å². The van der Waals surface area contributed by atoms with Crippen LogP contribution in [0.2, 0.25) is 5.02 Å². The third kappa shape index (κ3) is 3.38. The van der Waals surface area contributed by atoms with Gasteiger partial charge in [-0.05, 0) is 12.1 Å². The minimum absolute atomic E-state index is 0.0323. The van der Waals surface area contributed by atoms with Crippen LogP contribution in [0.5, 0.6) is 0 Å². The average molecular weight is 379 g/mol. The van der Waals surface area contributed by atoms with Gasteiger partial charge in [-0.15, -0.1) is 0 Å². The Bertz CT molecular complexity index is 1010. The number of halogens is 1. The molecular formula is C21H19ClN4O. The molecule has 0 saturated carbocycles. The molecule has 4 rings (SSSR count). The minimum atomic E-state index is -0.0323. The Kier molecular flexibility index (Phi) is 4.77. The molecule has 1 aliphatic rings. The first-order valence-electron chi connectivity index (χ1n) is 8.84. The lowest BCUT2D eigenvalue weighted by Gasteiger charge is -2.34. The zero-order valence-electron chi connectivity index (χ0n) is 14.8. The van der Waals surface area contributed by atoms with Crippen LogP contribution >= 0.6 is 11.6 Å². The summed E-state index contributed by atoms with van der Waals surface area (Å²) in [5, 5.41) is 1.67. The Morgan fingerprint density at radius 3 is 2.52 bits per heavy atom. The Hall–Kier alpha value is -2.92. The van der Waals surface area contributed by atoms with Crippen LogP contribution in [0.1, 0.15) is 0 Å². The van der Waals surface area contributed by atoms with E-state index in [0.29, 0.717) is 37.1 Å². The second-order valence-electron chi connectivity index (χ2n) is 6.41. The number of carbonyl (C=O) groups is 1. The van der Waals surface area contributed by atoms with Gasteiger partial charge in [-0.1, -0.05) is 54.6 Å². The number of benzene rings is 2. The van der Waals surface area contributed by atoms with E-state index < -0.39 is 0 Å². The molecule has 0 N–H and O–H groups in total. The van der Waals surface area contributed by atoms with Crippen molar-refractivity contribution >= 4 is 34.4 Å². The maximum absolute atomic E-state index is 11.8. The molecule has 3 aromatic rings. The third-order valence-corrected chi connectivity index (χ3v) is 5.14. The number of rotatable bonds is 3. The van der Waals surface area contributed by atoms with E-state index in [2.05, 4.69) is 16.5 Å². The van der Waals surface area contributed by atoms with Gasteiger partial charge in [0.15, 0.2) is 0 Å². The SMILES string of the molecule is C=CC(=O)N1CCN(c2ncc3cccc(-c4ccccc4Cl)c3n2)CC1. The fourth-order valence-electron chi connectivity index (χ4n) is 3.35. The Balaban J connectivity index is 1.69. The molecule has 5 nitrogen and oxygen atoms in total. The molecule has 1 amide bonds. The van der Waals surface area contributed by atoms with Crippen LogP contribution in [-0.4, -0.2) is 47.0 Å². The van der Waals surface area contributed by atoms with Crippen molar-refractivity contribution in [3.63, 3.8) is 0 Å². The highest BCUT2D eigenvalue weighted by molar-refractivity contribution is 6.33. The lowest BCUT2D eigenvalue weighted by Crippen LogP contribution is -2.48. The number of fused-ring (bicyclic) bond motifs is 1. The predicted molar refractivity (Wildman–Crippen MR) is 109 cm³/mol. The number of carbonyl (C=O) groups excluding carboxylic acids is 1. The molecule has 27 heavy (non-hydrogen) atoms. The fraction of sp³-hybridized carbons (Fsp3) is 0.190. The summed E-state index contributed by atoms with van der Waals surface area (Å²) in [4.78, 5) is 25.0. The highest BCUT2D eigenvalue weighted by Crippen LogP contribution is 2.32.